The maximum absolute atomic E-state index is 10.5. The molecular formula is C9H11NO. The second kappa shape index (κ2) is 3.28. The molecule has 0 aromatic carbocycles. The van der Waals surface area contributed by atoms with Gasteiger partial charge in [0.15, 0.2) is 6.29 Å². The highest BCUT2D eigenvalue weighted by Crippen LogP contribution is 2.09. The van der Waals surface area contributed by atoms with E-state index in [0.717, 1.165) is 23.8 Å². The quantitative estimate of drug-likeness (QED) is 0.600. The summed E-state index contributed by atoms with van der Waals surface area (Å²) in [6, 6.07) is 0. The molecule has 0 unspecified atom stereocenters. The van der Waals surface area contributed by atoms with E-state index in [1.165, 1.54) is 0 Å². The van der Waals surface area contributed by atoms with Gasteiger partial charge < -0.3 is 0 Å². The molecule has 0 aliphatic rings. The van der Waals surface area contributed by atoms with Crippen LogP contribution in [0.5, 0.6) is 0 Å². The summed E-state index contributed by atoms with van der Waals surface area (Å²) >= 11 is 0. The number of pyridine rings is 1. The summed E-state index contributed by atoms with van der Waals surface area (Å²) in [5.74, 6) is 0. The summed E-state index contributed by atoms with van der Waals surface area (Å²) < 4.78 is 0. The van der Waals surface area contributed by atoms with Gasteiger partial charge in [0.1, 0.15) is 0 Å². The highest BCUT2D eigenvalue weighted by molar-refractivity contribution is 5.76. The van der Waals surface area contributed by atoms with E-state index in [0.29, 0.717) is 5.56 Å². The van der Waals surface area contributed by atoms with Crippen LogP contribution in [0.15, 0.2) is 12.4 Å². The van der Waals surface area contributed by atoms with Crippen LogP contribution < -0.4 is 0 Å². The number of hydrogen-bond donors (Lipinski definition) is 0. The van der Waals surface area contributed by atoms with Gasteiger partial charge in [-0.1, -0.05) is 6.92 Å². The van der Waals surface area contributed by atoms with Crippen LogP contribution in [0.25, 0.3) is 0 Å². The SMILES string of the molecule is CCc1cncc(C=O)c1C. The Morgan fingerprint density at radius 1 is 1.55 bits per heavy atom. The molecule has 0 fully saturated rings. The number of nitrogens with zero attached hydrogens (tertiary/aromatic N) is 1. The first kappa shape index (κ1) is 7.92. The van der Waals surface area contributed by atoms with E-state index >= 15 is 0 Å². The van der Waals surface area contributed by atoms with Gasteiger partial charge >= 0.3 is 0 Å². The molecule has 1 heterocycles. The molecule has 0 amide bonds. The summed E-state index contributed by atoms with van der Waals surface area (Å²) in [6.45, 7) is 4.00. The highest BCUT2D eigenvalue weighted by Gasteiger charge is 2.00. The standard InChI is InChI=1S/C9H11NO/c1-3-8-4-10-5-9(6-11)7(8)2/h4-6H,3H2,1-2H3. The number of aryl methyl sites for hydroxylation is 1. The van der Waals surface area contributed by atoms with Crippen molar-refractivity contribution in [1.82, 2.24) is 4.98 Å². The van der Waals surface area contributed by atoms with Crippen molar-refractivity contribution in [3.63, 3.8) is 0 Å². The second-order valence-corrected chi connectivity index (χ2v) is 2.48. The Kier molecular flexibility index (Phi) is 2.36. The van der Waals surface area contributed by atoms with Crippen molar-refractivity contribution in [1.29, 1.82) is 0 Å². The number of carbonyl (C=O) groups is 1. The molecule has 0 aliphatic heterocycles. The predicted octanol–water partition coefficient (Wildman–Crippen LogP) is 1.76. The van der Waals surface area contributed by atoms with Crippen molar-refractivity contribution in [3.05, 3.63) is 29.1 Å². The van der Waals surface area contributed by atoms with Gasteiger partial charge in [0.2, 0.25) is 0 Å². The maximum atomic E-state index is 10.5. The molecule has 0 radical (unpaired) electrons. The zero-order valence-electron chi connectivity index (χ0n) is 6.79. The Hall–Kier alpha value is -1.18. The van der Waals surface area contributed by atoms with E-state index in [2.05, 4.69) is 11.9 Å². The van der Waals surface area contributed by atoms with Crippen molar-refractivity contribution in [2.24, 2.45) is 0 Å². The van der Waals surface area contributed by atoms with Gasteiger partial charge in [0, 0.05) is 18.0 Å². The van der Waals surface area contributed by atoms with Crippen LogP contribution in [0.3, 0.4) is 0 Å². The molecule has 0 spiro atoms. The topological polar surface area (TPSA) is 30.0 Å². The summed E-state index contributed by atoms with van der Waals surface area (Å²) in [6.07, 6.45) is 5.19. The van der Waals surface area contributed by atoms with E-state index in [1.807, 2.05) is 13.1 Å². The molecule has 2 heteroatoms. The fraction of sp³-hybridized carbons (Fsp3) is 0.333. The maximum Gasteiger partial charge on any atom is 0.151 e. The lowest BCUT2D eigenvalue weighted by molar-refractivity contribution is 0.112. The zero-order chi connectivity index (χ0) is 8.27. The lowest BCUT2D eigenvalue weighted by atomic mass is 10.1. The van der Waals surface area contributed by atoms with Crippen LogP contribution in [-0.2, 0) is 6.42 Å². The summed E-state index contributed by atoms with van der Waals surface area (Å²) in [5, 5.41) is 0. The molecule has 2 nitrogen and oxygen atoms in total. The Morgan fingerprint density at radius 2 is 2.27 bits per heavy atom. The van der Waals surface area contributed by atoms with Crippen LogP contribution in [0.1, 0.15) is 28.4 Å². The lowest BCUT2D eigenvalue weighted by Crippen LogP contribution is -1.94. The monoisotopic (exact) mass is 149 g/mol. The lowest BCUT2D eigenvalue weighted by Gasteiger charge is -2.02. The van der Waals surface area contributed by atoms with Crippen LogP contribution in [0.2, 0.25) is 0 Å². The molecule has 0 bridgehead atoms. The van der Waals surface area contributed by atoms with E-state index in [4.69, 9.17) is 0 Å². The third kappa shape index (κ3) is 1.45. The van der Waals surface area contributed by atoms with E-state index in [1.54, 1.807) is 6.20 Å². The van der Waals surface area contributed by atoms with Crippen molar-refractivity contribution in [2.75, 3.05) is 0 Å². The third-order valence-corrected chi connectivity index (χ3v) is 1.87. The van der Waals surface area contributed by atoms with Gasteiger partial charge in [-0.15, -0.1) is 0 Å². The summed E-state index contributed by atoms with van der Waals surface area (Å²) in [7, 11) is 0. The Balaban J connectivity index is 3.20. The summed E-state index contributed by atoms with van der Waals surface area (Å²) in [4.78, 5) is 14.4. The first-order valence-electron chi connectivity index (χ1n) is 3.68. The van der Waals surface area contributed by atoms with E-state index in [-0.39, 0.29) is 0 Å². The molecule has 0 atom stereocenters. The third-order valence-electron chi connectivity index (χ3n) is 1.87. The molecule has 1 aromatic heterocycles. The minimum Gasteiger partial charge on any atom is -0.298 e. The van der Waals surface area contributed by atoms with Crippen molar-refractivity contribution in [3.8, 4) is 0 Å². The predicted molar refractivity (Wildman–Crippen MR) is 43.7 cm³/mol. The minimum atomic E-state index is 0.698. The number of hydrogen-bond acceptors (Lipinski definition) is 2. The number of aromatic nitrogens is 1. The Morgan fingerprint density at radius 3 is 2.82 bits per heavy atom. The summed E-state index contributed by atoms with van der Waals surface area (Å²) in [5.41, 5.74) is 2.90. The highest BCUT2D eigenvalue weighted by atomic mass is 16.1. The molecule has 0 saturated heterocycles. The van der Waals surface area contributed by atoms with Gasteiger partial charge in [0.25, 0.3) is 0 Å². The molecule has 11 heavy (non-hydrogen) atoms. The molecule has 0 saturated carbocycles. The minimum absolute atomic E-state index is 0.698. The fourth-order valence-electron chi connectivity index (χ4n) is 1.06. The van der Waals surface area contributed by atoms with Gasteiger partial charge in [-0.05, 0) is 24.5 Å². The van der Waals surface area contributed by atoms with Crippen LogP contribution in [-0.4, -0.2) is 11.3 Å². The van der Waals surface area contributed by atoms with Crippen LogP contribution in [0, 0.1) is 6.92 Å². The largest absolute Gasteiger partial charge is 0.298 e. The van der Waals surface area contributed by atoms with Crippen molar-refractivity contribution < 1.29 is 4.79 Å². The van der Waals surface area contributed by atoms with Gasteiger partial charge in [-0.3, -0.25) is 9.78 Å². The Labute approximate surface area is 66.3 Å². The molecule has 0 N–H and O–H groups in total. The molecular weight excluding hydrogens is 138 g/mol. The first-order chi connectivity index (χ1) is 5.29. The van der Waals surface area contributed by atoms with E-state index in [9.17, 15) is 4.79 Å². The van der Waals surface area contributed by atoms with E-state index < -0.39 is 0 Å². The van der Waals surface area contributed by atoms with Crippen molar-refractivity contribution in [2.45, 2.75) is 20.3 Å². The van der Waals surface area contributed by atoms with Crippen molar-refractivity contribution >= 4 is 6.29 Å². The average molecular weight is 149 g/mol. The van der Waals surface area contributed by atoms with Gasteiger partial charge in [-0.2, -0.15) is 0 Å². The zero-order valence-corrected chi connectivity index (χ0v) is 6.79. The first-order valence-corrected chi connectivity index (χ1v) is 3.68. The van der Waals surface area contributed by atoms with Crippen LogP contribution in [0.4, 0.5) is 0 Å². The fourth-order valence-corrected chi connectivity index (χ4v) is 1.06. The number of carbonyl (C=O) groups excluding carboxylic acids is 1. The number of aldehydes is 1. The average Bonchev–Trinajstić information content (AvgIpc) is 2.05. The van der Waals surface area contributed by atoms with Gasteiger partial charge in [0.05, 0.1) is 0 Å². The smallest absolute Gasteiger partial charge is 0.151 e. The molecule has 0 aliphatic carbocycles. The molecule has 1 aromatic rings. The number of rotatable bonds is 2. The molecule has 1 rings (SSSR count). The normalized spacial score (nSPS) is 9.64. The van der Waals surface area contributed by atoms with Gasteiger partial charge in [-0.25, -0.2) is 0 Å². The second-order valence-electron chi connectivity index (χ2n) is 2.48. The molecule has 58 valence electrons. The Bertz CT molecular complexity index is 268. The van der Waals surface area contributed by atoms with Crippen LogP contribution >= 0.6 is 0 Å².